The Hall–Kier alpha value is -1.88. The average Bonchev–Trinajstić information content (AvgIpc) is 3.09. The lowest BCUT2D eigenvalue weighted by Gasteiger charge is -2.32. The Morgan fingerprint density at radius 1 is 1.21 bits per heavy atom. The van der Waals surface area contributed by atoms with Crippen molar-refractivity contribution >= 4 is 17.9 Å². The minimum atomic E-state index is 0.133. The van der Waals surface area contributed by atoms with Crippen LogP contribution in [0.3, 0.4) is 0 Å². The molecule has 1 amide bonds. The van der Waals surface area contributed by atoms with E-state index in [4.69, 9.17) is 5.73 Å². The molecule has 0 radical (unpaired) electrons. The fourth-order valence-corrected chi connectivity index (χ4v) is 3.90. The van der Waals surface area contributed by atoms with Crippen LogP contribution in [0, 0.1) is 5.92 Å². The molecule has 1 aromatic carbocycles. The summed E-state index contributed by atoms with van der Waals surface area (Å²) in [5.41, 5.74) is 7.98. The molecule has 2 fully saturated rings. The Kier molecular flexibility index (Phi) is 5.51. The number of nitrogen functional groups attached to an aromatic ring is 1. The minimum Gasteiger partial charge on any atom is -0.398 e. The van der Waals surface area contributed by atoms with Crippen LogP contribution in [-0.4, -0.2) is 36.2 Å². The van der Waals surface area contributed by atoms with Crippen molar-refractivity contribution in [3.05, 3.63) is 29.3 Å². The highest BCUT2D eigenvalue weighted by atomic mass is 16.2. The molecule has 1 aliphatic carbocycles. The van der Waals surface area contributed by atoms with Gasteiger partial charge in [-0.1, -0.05) is 25.0 Å². The summed E-state index contributed by atoms with van der Waals surface area (Å²) in [6.07, 6.45) is 7.36. The van der Waals surface area contributed by atoms with E-state index in [2.05, 4.69) is 10.2 Å². The highest BCUT2D eigenvalue weighted by Gasteiger charge is 2.27. The number of nitrogens with one attached hydrogen (secondary N) is 1. The van der Waals surface area contributed by atoms with Gasteiger partial charge in [0.15, 0.2) is 6.29 Å². The van der Waals surface area contributed by atoms with E-state index in [1.807, 2.05) is 12.1 Å². The monoisotopic (exact) mass is 329 g/mol. The second-order valence-electron chi connectivity index (χ2n) is 7.08. The summed E-state index contributed by atoms with van der Waals surface area (Å²) < 4.78 is 0. The lowest BCUT2D eigenvalue weighted by atomic mass is 9.94. The van der Waals surface area contributed by atoms with Gasteiger partial charge in [-0.25, -0.2) is 0 Å². The van der Waals surface area contributed by atoms with E-state index in [0.717, 1.165) is 57.2 Å². The third kappa shape index (κ3) is 3.96. The Balaban J connectivity index is 1.51. The maximum Gasteiger partial charge on any atom is 0.223 e. The van der Waals surface area contributed by atoms with Crippen LogP contribution in [0.25, 0.3) is 0 Å². The third-order valence-corrected chi connectivity index (χ3v) is 5.40. The SMILES string of the molecule is Nc1cccc(CN2CCC(C(=O)NC3CCCC3)CC2)c1C=O. The molecule has 1 aliphatic heterocycles. The van der Waals surface area contributed by atoms with Gasteiger partial charge in [0.1, 0.15) is 0 Å². The molecule has 3 rings (SSSR count). The molecule has 0 unspecified atom stereocenters. The van der Waals surface area contributed by atoms with Crippen LogP contribution >= 0.6 is 0 Å². The predicted molar refractivity (Wildman–Crippen MR) is 94.6 cm³/mol. The van der Waals surface area contributed by atoms with Gasteiger partial charge in [0.25, 0.3) is 0 Å². The number of aldehydes is 1. The molecule has 1 aromatic rings. The van der Waals surface area contributed by atoms with Crippen molar-refractivity contribution in [3.63, 3.8) is 0 Å². The van der Waals surface area contributed by atoms with E-state index in [-0.39, 0.29) is 11.8 Å². The number of carbonyl (C=O) groups is 2. The lowest BCUT2D eigenvalue weighted by molar-refractivity contribution is -0.127. The first kappa shape index (κ1) is 17.0. The summed E-state index contributed by atoms with van der Waals surface area (Å²) in [7, 11) is 0. The number of anilines is 1. The third-order valence-electron chi connectivity index (χ3n) is 5.40. The topological polar surface area (TPSA) is 75.4 Å². The predicted octanol–water partition coefficient (Wildman–Crippen LogP) is 2.35. The van der Waals surface area contributed by atoms with Crippen molar-refractivity contribution in [2.24, 2.45) is 5.92 Å². The van der Waals surface area contributed by atoms with Crippen molar-refractivity contribution in [3.8, 4) is 0 Å². The summed E-state index contributed by atoms with van der Waals surface area (Å²) in [5, 5.41) is 3.22. The smallest absolute Gasteiger partial charge is 0.223 e. The molecule has 130 valence electrons. The number of carbonyl (C=O) groups excluding carboxylic acids is 2. The van der Waals surface area contributed by atoms with Gasteiger partial charge in [-0.2, -0.15) is 0 Å². The van der Waals surface area contributed by atoms with Gasteiger partial charge in [0.05, 0.1) is 0 Å². The summed E-state index contributed by atoms with van der Waals surface area (Å²) in [5.74, 6) is 0.368. The number of nitrogens with two attached hydrogens (primary N) is 1. The first-order chi connectivity index (χ1) is 11.7. The number of hydrogen-bond donors (Lipinski definition) is 2. The molecule has 1 saturated heterocycles. The van der Waals surface area contributed by atoms with Crippen LogP contribution < -0.4 is 11.1 Å². The van der Waals surface area contributed by atoms with Crippen LogP contribution in [0.5, 0.6) is 0 Å². The molecule has 5 heteroatoms. The summed E-state index contributed by atoms with van der Waals surface area (Å²) >= 11 is 0. The Labute approximate surface area is 143 Å². The number of nitrogens with zero attached hydrogens (tertiary/aromatic N) is 1. The van der Waals surface area contributed by atoms with E-state index in [0.29, 0.717) is 17.3 Å². The van der Waals surface area contributed by atoms with Gasteiger partial charge in [0.2, 0.25) is 5.91 Å². The summed E-state index contributed by atoms with van der Waals surface area (Å²) in [6.45, 7) is 2.49. The zero-order valence-electron chi connectivity index (χ0n) is 14.2. The van der Waals surface area contributed by atoms with E-state index in [9.17, 15) is 9.59 Å². The lowest BCUT2D eigenvalue weighted by Crippen LogP contribution is -2.43. The molecule has 2 aliphatic rings. The molecule has 5 nitrogen and oxygen atoms in total. The van der Waals surface area contributed by atoms with E-state index < -0.39 is 0 Å². The highest BCUT2D eigenvalue weighted by molar-refractivity contribution is 5.85. The normalized spacial score (nSPS) is 20.2. The Morgan fingerprint density at radius 3 is 2.58 bits per heavy atom. The minimum absolute atomic E-state index is 0.133. The van der Waals surface area contributed by atoms with Crippen molar-refractivity contribution in [1.29, 1.82) is 0 Å². The van der Waals surface area contributed by atoms with Gasteiger partial charge >= 0.3 is 0 Å². The number of benzene rings is 1. The molecule has 0 bridgehead atoms. The largest absolute Gasteiger partial charge is 0.398 e. The fourth-order valence-electron chi connectivity index (χ4n) is 3.90. The first-order valence-electron chi connectivity index (χ1n) is 9.02. The fraction of sp³-hybridized carbons (Fsp3) is 0.579. The van der Waals surface area contributed by atoms with Crippen molar-refractivity contribution in [1.82, 2.24) is 10.2 Å². The maximum atomic E-state index is 12.4. The number of hydrogen-bond acceptors (Lipinski definition) is 4. The molecule has 24 heavy (non-hydrogen) atoms. The van der Waals surface area contributed by atoms with E-state index in [1.54, 1.807) is 6.07 Å². The highest BCUT2D eigenvalue weighted by Crippen LogP contribution is 2.23. The van der Waals surface area contributed by atoms with Gasteiger partial charge < -0.3 is 11.1 Å². The molecular weight excluding hydrogens is 302 g/mol. The second-order valence-corrected chi connectivity index (χ2v) is 7.08. The van der Waals surface area contributed by atoms with Gasteiger partial charge in [-0.3, -0.25) is 14.5 Å². The molecule has 1 heterocycles. The number of rotatable bonds is 5. The summed E-state index contributed by atoms with van der Waals surface area (Å²) in [6, 6.07) is 6.00. The zero-order valence-corrected chi connectivity index (χ0v) is 14.2. The van der Waals surface area contributed by atoms with Crippen molar-refractivity contribution in [2.75, 3.05) is 18.8 Å². The Morgan fingerprint density at radius 2 is 1.92 bits per heavy atom. The van der Waals surface area contributed by atoms with Gasteiger partial charge in [0, 0.05) is 29.8 Å². The molecule has 1 saturated carbocycles. The molecule has 3 N–H and O–H groups in total. The number of piperidine rings is 1. The molecule has 0 spiro atoms. The Bertz CT molecular complexity index is 588. The van der Waals surface area contributed by atoms with Crippen LogP contribution in [0.15, 0.2) is 18.2 Å². The van der Waals surface area contributed by atoms with E-state index in [1.165, 1.54) is 12.8 Å². The standard InChI is InChI=1S/C19H27N3O2/c20-18-7-3-4-15(17(18)13-23)12-22-10-8-14(9-11-22)19(24)21-16-5-1-2-6-16/h3-4,7,13-14,16H,1-2,5-6,8-12,20H2,(H,21,24). The van der Waals surface area contributed by atoms with Gasteiger partial charge in [-0.05, 0) is 50.4 Å². The van der Waals surface area contributed by atoms with Crippen molar-refractivity contribution in [2.45, 2.75) is 51.1 Å². The molecular formula is C19H27N3O2. The van der Waals surface area contributed by atoms with Crippen LogP contribution in [0.4, 0.5) is 5.69 Å². The van der Waals surface area contributed by atoms with Crippen LogP contribution in [0.1, 0.15) is 54.4 Å². The van der Waals surface area contributed by atoms with Crippen LogP contribution in [0.2, 0.25) is 0 Å². The number of likely N-dealkylation sites (tertiary alicyclic amines) is 1. The van der Waals surface area contributed by atoms with E-state index >= 15 is 0 Å². The molecule has 0 aromatic heterocycles. The molecule has 0 atom stereocenters. The van der Waals surface area contributed by atoms with Crippen molar-refractivity contribution < 1.29 is 9.59 Å². The zero-order chi connectivity index (χ0) is 16.9. The summed E-state index contributed by atoms with van der Waals surface area (Å²) in [4.78, 5) is 25.9. The second kappa shape index (κ2) is 7.79. The van der Waals surface area contributed by atoms with Gasteiger partial charge in [-0.15, -0.1) is 0 Å². The quantitative estimate of drug-likeness (QED) is 0.642. The average molecular weight is 329 g/mol. The first-order valence-corrected chi connectivity index (χ1v) is 9.02. The maximum absolute atomic E-state index is 12.4. The number of amides is 1. The van der Waals surface area contributed by atoms with Crippen LogP contribution in [-0.2, 0) is 11.3 Å².